The van der Waals surface area contributed by atoms with Gasteiger partial charge in [-0.1, -0.05) is 26.2 Å². The van der Waals surface area contributed by atoms with Crippen LogP contribution in [0.15, 0.2) is 4.99 Å². The second-order valence-electron chi connectivity index (χ2n) is 11.1. The molecule has 36 heavy (non-hydrogen) atoms. The minimum atomic E-state index is 0.00311. The van der Waals surface area contributed by atoms with Gasteiger partial charge in [-0.3, -0.25) is 4.79 Å². The molecule has 2 aromatic heterocycles. The van der Waals surface area contributed by atoms with E-state index in [1.54, 1.807) is 0 Å². The van der Waals surface area contributed by atoms with Crippen LogP contribution in [-0.4, -0.2) is 63.6 Å². The van der Waals surface area contributed by atoms with Gasteiger partial charge in [-0.2, -0.15) is 9.98 Å². The molecule has 3 aliphatic rings. The van der Waals surface area contributed by atoms with Crippen LogP contribution < -0.4 is 16.0 Å². The van der Waals surface area contributed by atoms with Crippen molar-refractivity contribution in [2.45, 2.75) is 84.3 Å². The zero-order chi connectivity index (χ0) is 25.2. The molecule has 1 amide bonds. The smallest absolute Gasteiger partial charge is 0.234 e. The average molecular weight is 497 g/mol. The Kier molecular flexibility index (Phi) is 7.41. The Balaban J connectivity index is 1.62. The van der Waals surface area contributed by atoms with E-state index in [-0.39, 0.29) is 23.7 Å². The third kappa shape index (κ3) is 5.05. The summed E-state index contributed by atoms with van der Waals surface area (Å²) < 4.78 is 8.06. The summed E-state index contributed by atoms with van der Waals surface area (Å²) in [5.41, 5.74) is 7.57. The van der Waals surface area contributed by atoms with E-state index in [9.17, 15) is 4.79 Å². The number of amides is 1. The fraction of sp³-hybridized carbons (Fsp3) is 0.731. The Bertz CT molecular complexity index is 1100. The normalized spacial score (nSPS) is 26.6. The second-order valence-corrected chi connectivity index (χ2v) is 11.1. The first-order valence-electron chi connectivity index (χ1n) is 13.6. The van der Waals surface area contributed by atoms with Gasteiger partial charge < -0.3 is 25.3 Å². The Hall–Kier alpha value is -2.75. The summed E-state index contributed by atoms with van der Waals surface area (Å²) in [7, 11) is 0. The minimum absolute atomic E-state index is 0.00311. The Labute approximate surface area is 213 Å². The van der Waals surface area contributed by atoms with Gasteiger partial charge in [0.1, 0.15) is 5.52 Å². The van der Waals surface area contributed by atoms with Gasteiger partial charge in [-0.15, -0.1) is 0 Å². The molecule has 196 valence electrons. The maximum absolute atomic E-state index is 11.0. The van der Waals surface area contributed by atoms with Crippen LogP contribution in [0.4, 0.5) is 11.8 Å². The third-order valence-electron chi connectivity index (χ3n) is 8.43. The summed E-state index contributed by atoms with van der Waals surface area (Å²) in [6, 6.07) is 0.471. The Morgan fingerprint density at radius 2 is 1.97 bits per heavy atom. The standard InChI is InChI=1S/C26H40N8O2/c1-16-7-9-19(10-8-16)13-34-21-23(29-18(3)20-5-4-6-20)30-25(22(27)28-15-35)31-24(21)32-26(34)33-11-12-36-14-17(33)2/h15-20H,4-14H2,1-3H3,(H2,27,28,35)(H,29,30,31)/t16?,17-,18-,19?/m1/s1. The summed E-state index contributed by atoms with van der Waals surface area (Å²) in [6.07, 6.45) is 9.12. The molecule has 0 aromatic carbocycles. The van der Waals surface area contributed by atoms with Crippen molar-refractivity contribution < 1.29 is 9.53 Å². The molecular weight excluding hydrogens is 456 g/mol. The molecular formula is C26H40N8O2. The lowest BCUT2D eigenvalue weighted by Gasteiger charge is -2.35. The largest absolute Gasteiger partial charge is 0.380 e. The number of ether oxygens (including phenoxy) is 1. The first kappa shape index (κ1) is 24.9. The van der Waals surface area contributed by atoms with Gasteiger partial charge >= 0.3 is 0 Å². The number of aromatic nitrogens is 4. The van der Waals surface area contributed by atoms with Gasteiger partial charge in [-0.05, 0) is 57.3 Å². The van der Waals surface area contributed by atoms with Crippen LogP contribution in [0.1, 0.15) is 71.5 Å². The minimum Gasteiger partial charge on any atom is -0.380 e. The number of carbonyl (C=O) groups excluding carboxylic acids is 1. The second kappa shape index (κ2) is 10.7. The van der Waals surface area contributed by atoms with E-state index in [4.69, 9.17) is 25.4 Å². The predicted octanol–water partition coefficient (Wildman–Crippen LogP) is 3.34. The number of hydrogen-bond acceptors (Lipinski definition) is 7. The van der Waals surface area contributed by atoms with Gasteiger partial charge in [0.15, 0.2) is 23.1 Å². The molecule has 0 spiro atoms. The van der Waals surface area contributed by atoms with Crippen molar-refractivity contribution in [1.82, 2.24) is 19.5 Å². The molecule has 0 unspecified atom stereocenters. The van der Waals surface area contributed by atoms with Crippen molar-refractivity contribution >= 4 is 35.2 Å². The number of anilines is 2. The Morgan fingerprint density at radius 3 is 2.64 bits per heavy atom. The fourth-order valence-electron chi connectivity index (χ4n) is 5.81. The van der Waals surface area contributed by atoms with Crippen LogP contribution in [0.2, 0.25) is 0 Å². The van der Waals surface area contributed by atoms with Crippen molar-refractivity contribution in [3.63, 3.8) is 0 Å². The van der Waals surface area contributed by atoms with E-state index >= 15 is 0 Å². The molecule has 2 aromatic rings. The van der Waals surface area contributed by atoms with E-state index in [0.717, 1.165) is 36.3 Å². The molecule has 2 aliphatic carbocycles. The van der Waals surface area contributed by atoms with Crippen LogP contribution in [0.3, 0.4) is 0 Å². The highest BCUT2D eigenvalue weighted by Gasteiger charge is 2.31. The molecule has 5 rings (SSSR count). The number of fused-ring (bicyclic) bond motifs is 1. The molecule has 2 atom stereocenters. The molecule has 10 heteroatoms. The number of imidazole rings is 1. The molecule has 1 saturated heterocycles. The third-order valence-corrected chi connectivity index (χ3v) is 8.43. The maximum atomic E-state index is 11.0. The first-order chi connectivity index (χ1) is 17.4. The van der Waals surface area contributed by atoms with E-state index in [2.05, 4.69) is 40.5 Å². The number of nitrogens with one attached hydrogen (secondary N) is 1. The first-order valence-corrected chi connectivity index (χ1v) is 13.6. The highest BCUT2D eigenvalue weighted by molar-refractivity contribution is 6.00. The van der Waals surface area contributed by atoms with Gasteiger partial charge in [-0.25, -0.2) is 9.97 Å². The molecule has 10 nitrogen and oxygen atoms in total. The van der Waals surface area contributed by atoms with E-state index in [1.165, 1.54) is 44.9 Å². The van der Waals surface area contributed by atoms with Crippen molar-refractivity contribution in [3.05, 3.63) is 5.82 Å². The quantitative estimate of drug-likeness (QED) is 0.324. The number of morpholine rings is 1. The van der Waals surface area contributed by atoms with Crippen LogP contribution in [0, 0.1) is 17.8 Å². The zero-order valence-electron chi connectivity index (χ0n) is 21.8. The number of aliphatic imine (C=N–C) groups is 1. The summed E-state index contributed by atoms with van der Waals surface area (Å²) in [4.78, 5) is 31.6. The number of nitrogens with zero attached hydrogens (tertiary/aromatic N) is 6. The molecule has 3 fully saturated rings. The SMILES string of the molecule is CC1CCC(Cn2c(N3CCOC[C@H]3C)nc3nc(C(N)=NC=O)nc(N[C@H](C)C4CCC4)c32)CC1. The number of rotatable bonds is 8. The highest BCUT2D eigenvalue weighted by atomic mass is 16.5. The molecule has 2 saturated carbocycles. The molecule has 3 N–H and O–H groups in total. The summed E-state index contributed by atoms with van der Waals surface area (Å²) in [5.74, 6) is 3.88. The molecule has 1 aliphatic heterocycles. The van der Waals surface area contributed by atoms with Crippen molar-refractivity contribution in [1.29, 1.82) is 0 Å². The van der Waals surface area contributed by atoms with Crippen LogP contribution in [-0.2, 0) is 16.1 Å². The average Bonchev–Trinajstić information content (AvgIpc) is 3.18. The lowest BCUT2D eigenvalue weighted by atomic mass is 9.80. The summed E-state index contributed by atoms with van der Waals surface area (Å²) in [5, 5.41) is 3.68. The fourth-order valence-corrected chi connectivity index (χ4v) is 5.81. The van der Waals surface area contributed by atoms with Crippen molar-refractivity contribution in [2.75, 3.05) is 30.0 Å². The van der Waals surface area contributed by atoms with Gasteiger partial charge in [0.2, 0.25) is 12.4 Å². The highest BCUT2D eigenvalue weighted by Crippen LogP contribution is 2.36. The summed E-state index contributed by atoms with van der Waals surface area (Å²) >= 11 is 0. The van der Waals surface area contributed by atoms with E-state index in [1.807, 2.05) is 0 Å². The zero-order valence-corrected chi connectivity index (χ0v) is 21.8. The lowest BCUT2D eigenvalue weighted by molar-refractivity contribution is -0.106. The van der Waals surface area contributed by atoms with Crippen molar-refractivity contribution in [2.24, 2.45) is 28.5 Å². The van der Waals surface area contributed by atoms with E-state index < -0.39 is 0 Å². The molecule has 0 bridgehead atoms. The van der Waals surface area contributed by atoms with Crippen LogP contribution in [0.5, 0.6) is 0 Å². The number of hydrogen-bond donors (Lipinski definition) is 2. The molecule has 3 heterocycles. The number of carbonyl (C=O) groups is 1. The summed E-state index contributed by atoms with van der Waals surface area (Å²) in [6.45, 7) is 9.76. The van der Waals surface area contributed by atoms with E-state index in [0.29, 0.717) is 37.1 Å². The number of nitrogens with two attached hydrogens (primary N) is 1. The predicted molar refractivity (Wildman–Crippen MR) is 141 cm³/mol. The maximum Gasteiger partial charge on any atom is 0.234 e. The topological polar surface area (TPSA) is 124 Å². The van der Waals surface area contributed by atoms with Crippen LogP contribution in [0.25, 0.3) is 11.2 Å². The van der Waals surface area contributed by atoms with Gasteiger partial charge in [0, 0.05) is 19.1 Å². The monoisotopic (exact) mass is 496 g/mol. The van der Waals surface area contributed by atoms with Gasteiger partial charge in [0.25, 0.3) is 0 Å². The lowest BCUT2D eigenvalue weighted by Crippen LogP contribution is -2.45. The van der Waals surface area contributed by atoms with Crippen molar-refractivity contribution in [3.8, 4) is 0 Å². The molecule has 0 radical (unpaired) electrons. The van der Waals surface area contributed by atoms with Crippen LogP contribution >= 0.6 is 0 Å². The number of amidine groups is 1. The van der Waals surface area contributed by atoms with Gasteiger partial charge in [0.05, 0.1) is 19.3 Å². The Morgan fingerprint density at radius 1 is 1.19 bits per heavy atom.